The van der Waals surface area contributed by atoms with Crippen molar-refractivity contribution in [2.75, 3.05) is 0 Å². The summed E-state index contributed by atoms with van der Waals surface area (Å²) in [5.41, 5.74) is 0. The highest BCUT2D eigenvalue weighted by atomic mass is 79.9. The fourth-order valence-corrected chi connectivity index (χ4v) is 3.69. The number of rotatable bonds is 8. The van der Waals surface area contributed by atoms with Crippen molar-refractivity contribution in [1.29, 1.82) is 0 Å². The maximum atomic E-state index is 13.4. The Labute approximate surface area is 184 Å². The van der Waals surface area contributed by atoms with Crippen LogP contribution in [0.25, 0.3) is 11.6 Å². The van der Waals surface area contributed by atoms with Crippen LogP contribution in [0.2, 0.25) is 0 Å². The Morgan fingerprint density at radius 3 is 2.87 bits per heavy atom. The molecule has 164 valence electrons. The van der Waals surface area contributed by atoms with Crippen molar-refractivity contribution in [3.8, 4) is 23.2 Å². The second-order valence-electron chi connectivity index (χ2n) is 7.09. The van der Waals surface area contributed by atoms with E-state index in [-0.39, 0.29) is 35.5 Å². The van der Waals surface area contributed by atoms with E-state index in [4.69, 9.17) is 14.0 Å². The Morgan fingerprint density at radius 2 is 2.13 bits per heavy atom. The lowest BCUT2D eigenvalue weighted by Crippen LogP contribution is -2.20. The first-order chi connectivity index (χ1) is 14.9. The molecule has 0 bridgehead atoms. The molecule has 0 aliphatic heterocycles. The fourth-order valence-electron chi connectivity index (χ4n) is 3.35. The average Bonchev–Trinajstić information content (AvgIpc) is 3.47. The van der Waals surface area contributed by atoms with Crippen LogP contribution < -0.4 is 9.47 Å². The molecular formula is C19H19BrFN5O5. The molecular weight excluding hydrogens is 477 g/mol. The fraction of sp³-hybridized carbons (Fsp3) is 0.421. The van der Waals surface area contributed by atoms with Gasteiger partial charge in [0.05, 0.1) is 10.5 Å². The predicted octanol–water partition coefficient (Wildman–Crippen LogP) is 3.64. The van der Waals surface area contributed by atoms with Gasteiger partial charge in [-0.05, 0) is 57.7 Å². The topological polar surface area (TPSA) is 125 Å². The lowest BCUT2D eigenvalue weighted by molar-refractivity contribution is -0.141. The smallest absolute Gasteiger partial charge is 0.330 e. The molecule has 1 N–H and O–H groups in total. The molecule has 3 atom stereocenters. The summed E-state index contributed by atoms with van der Waals surface area (Å²) in [6, 6.07) is 4.93. The molecule has 0 radical (unpaired) electrons. The van der Waals surface area contributed by atoms with Gasteiger partial charge in [0.15, 0.2) is 6.04 Å². The van der Waals surface area contributed by atoms with Crippen LogP contribution in [0.15, 0.2) is 33.3 Å². The highest BCUT2D eigenvalue weighted by molar-refractivity contribution is 9.10. The molecule has 3 unspecified atom stereocenters. The molecule has 12 heteroatoms. The highest BCUT2D eigenvalue weighted by Gasteiger charge is 2.29. The number of aromatic nitrogens is 5. The third kappa shape index (κ3) is 4.84. The lowest BCUT2D eigenvalue weighted by atomic mass is 10.2. The Bertz CT molecular complexity index is 1070. The van der Waals surface area contributed by atoms with Gasteiger partial charge in [-0.1, -0.05) is 6.92 Å². The summed E-state index contributed by atoms with van der Waals surface area (Å²) in [6.45, 7) is 1.72. The summed E-state index contributed by atoms with van der Waals surface area (Å²) >= 11 is 3.36. The summed E-state index contributed by atoms with van der Waals surface area (Å²) in [7, 11) is 0. The van der Waals surface area contributed by atoms with Crippen LogP contribution in [0.3, 0.4) is 0 Å². The lowest BCUT2D eigenvalue weighted by Gasteiger charge is -2.15. The molecule has 3 aromatic rings. The van der Waals surface area contributed by atoms with E-state index in [0.29, 0.717) is 23.1 Å². The van der Waals surface area contributed by atoms with E-state index in [0.717, 1.165) is 17.6 Å². The van der Waals surface area contributed by atoms with Gasteiger partial charge >= 0.3 is 5.97 Å². The van der Waals surface area contributed by atoms with Crippen LogP contribution in [0, 0.1) is 5.82 Å². The number of benzene rings is 1. The Balaban J connectivity index is 1.36. The van der Waals surface area contributed by atoms with E-state index in [1.54, 1.807) is 13.0 Å². The van der Waals surface area contributed by atoms with Gasteiger partial charge in [-0.3, -0.25) is 0 Å². The van der Waals surface area contributed by atoms with E-state index in [2.05, 4.69) is 36.5 Å². The molecule has 2 aromatic heterocycles. The Hall–Kier alpha value is -3.02. The molecule has 1 fully saturated rings. The number of carbonyl (C=O) groups is 1. The van der Waals surface area contributed by atoms with Crippen molar-refractivity contribution >= 4 is 21.9 Å². The van der Waals surface area contributed by atoms with E-state index in [1.165, 1.54) is 18.2 Å². The van der Waals surface area contributed by atoms with Gasteiger partial charge in [-0.25, -0.2) is 9.18 Å². The predicted molar refractivity (Wildman–Crippen MR) is 107 cm³/mol. The average molecular weight is 496 g/mol. The summed E-state index contributed by atoms with van der Waals surface area (Å²) in [5.74, 6) is -0.360. The number of aliphatic carboxylic acids is 1. The number of ether oxygens (including phenoxy) is 2. The summed E-state index contributed by atoms with van der Waals surface area (Å²) in [4.78, 5) is 12.3. The maximum Gasteiger partial charge on any atom is 0.330 e. The quantitative estimate of drug-likeness (QED) is 0.498. The van der Waals surface area contributed by atoms with Gasteiger partial charge in [0, 0.05) is 12.5 Å². The largest absolute Gasteiger partial charge is 0.489 e. The van der Waals surface area contributed by atoms with E-state index in [1.807, 2.05) is 0 Å². The second kappa shape index (κ2) is 9.00. The molecule has 1 aliphatic carbocycles. The van der Waals surface area contributed by atoms with Crippen molar-refractivity contribution in [2.45, 2.75) is 50.9 Å². The van der Waals surface area contributed by atoms with Gasteiger partial charge in [-0.15, -0.1) is 15.0 Å². The normalized spacial score (nSPS) is 19.3. The molecule has 1 aliphatic rings. The minimum Gasteiger partial charge on any atom is -0.489 e. The first-order valence-corrected chi connectivity index (χ1v) is 10.5. The first kappa shape index (κ1) is 21.2. The zero-order valence-electron chi connectivity index (χ0n) is 16.4. The van der Waals surface area contributed by atoms with Gasteiger partial charge < -0.3 is 19.1 Å². The van der Waals surface area contributed by atoms with Gasteiger partial charge in [0.1, 0.15) is 23.8 Å². The molecule has 0 saturated heterocycles. The van der Waals surface area contributed by atoms with Crippen LogP contribution in [-0.2, 0) is 4.79 Å². The minimum atomic E-state index is -1.05. The first-order valence-electron chi connectivity index (χ1n) is 9.70. The van der Waals surface area contributed by atoms with Crippen molar-refractivity contribution in [3.63, 3.8) is 0 Å². The zero-order valence-corrected chi connectivity index (χ0v) is 18.0. The van der Waals surface area contributed by atoms with Crippen LogP contribution in [0.4, 0.5) is 4.39 Å². The number of carboxylic acid groups (broad SMARTS) is 1. The van der Waals surface area contributed by atoms with E-state index in [9.17, 15) is 14.3 Å². The number of hydrogen-bond donors (Lipinski definition) is 1. The van der Waals surface area contributed by atoms with E-state index >= 15 is 0 Å². The van der Waals surface area contributed by atoms with Crippen molar-refractivity contribution < 1.29 is 28.3 Å². The van der Waals surface area contributed by atoms with Crippen molar-refractivity contribution in [1.82, 2.24) is 25.4 Å². The SMILES string of the molecule is CCC(C(=O)O)n1nnc(-c2cc(OC3CCC(Oc4cc(F)ccc4Br)C3)no2)n1. The van der Waals surface area contributed by atoms with Gasteiger partial charge in [-0.2, -0.15) is 0 Å². The highest BCUT2D eigenvalue weighted by Crippen LogP contribution is 2.32. The summed E-state index contributed by atoms with van der Waals surface area (Å²) in [5, 5.41) is 24.7. The molecule has 1 aromatic carbocycles. The third-order valence-corrected chi connectivity index (χ3v) is 5.55. The van der Waals surface area contributed by atoms with Gasteiger partial charge in [0.25, 0.3) is 5.88 Å². The molecule has 31 heavy (non-hydrogen) atoms. The van der Waals surface area contributed by atoms with Gasteiger partial charge in [0.2, 0.25) is 11.6 Å². The van der Waals surface area contributed by atoms with Crippen LogP contribution in [0.5, 0.6) is 11.6 Å². The van der Waals surface area contributed by atoms with Crippen LogP contribution in [0.1, 0.15) is 38.6 Å². The standard InChI is InChI=1S/C19H19BrFN5O5/c1-2-14(19(27)28)26-23-18(22-25-26)16-9-17(24-31-16)30-12-5-4-11(8-12)29-15-7-10(21)3-6-13(15)20/h3,6-7,9,11-12,14H,2,4-5,8H2,1H3,(H,27,28). The Kier molecular flexibility index (Phi) is 6.16. The second-order valence-corrected chi connectivity index (χ2v) is 7.95. The van der Waals surface area contributed by atoms with Crippen LogP contribution >= 0.6 is 15.9 Å². The van der Waals surface area contributed by atoms with Crippen molar-refractivity contribution in [2.24, 2.45) is 0 Å². The molecule has 10 nitrogen and oxygen atoms in total. The summed E-state index contributed by atoms with van der Waals surface area (Å²) < 4.78 is 31.1. The number of halogens is 2. The molecule has 0 spiro atoms. The monoisotopic (exact) mass is 495 g/mol. The molecule has 1 saturated carbocycles. The number of hydrogen-bond acceptors (Lipinski definition) is 8. The molecule has 2 heterocycles. The molecule has 4 rings (SSSR count). The minimum absolute atomic E-state index is 0.113. The Morgan fingerprint density at radius 1 is 1.35 bits per heavy atom. The number of nitrogens with zero attached hydrogens (tertiary/aromatic N) is 5. The number of carboxylic acids is 1. The van der Waals surface area contributed by atoms with E-state index < -0.39 is 12.0 Å². The van der Waals surface area contributed by atoms with Crippen LogP contribution in [-0.4, -0.2) is 48.6 Å². The third-order valence-electron chi connectivity index (χ3n) is 4.90. The summed E-state index contributed by atoms with van der Waals surface area (Å²) in [6.07, 6.45) is 2.16. The molecule has 0 amide bonds. The maximum absolute atomic E-state index is 13.4. The number of tetrazole rings is 1. The zero-order chi connectivity index (χ0) is 22.0. The van der Waals surface area contributed by atoms with Crippen molar-refractivity contribution in [3.05, 3.63) is 34.6 Å².